The number of hydrogen-bond donors (Lipinski definition) is 0. The Labute approximate surface area is 220 Å². The predicted molar refractivity (Wildman–Crippen MR) is 151 cm³/mol. The van der Waals surface area contributed by atoms with Crippen LogP contribution in [0.1, 0.15) is 101 Å². The summed E-state index contributed by atoms with van der Waals surface area (Å²) in [5.74, 6) is 0.181. The van der Waals surface area contributed by atoms with Crippen LogP contribution in [0.25, 0.3) is 0 Å². The molecular formula is C32H50O4. The van der Waals surface area contributed by atoms with E-state index in [1.807, 2.05) is 33.8 Å². The first-order valence-electron chi connectivity index (χ1n) is 13.2. The number of carbonyl (C=O) groups is 2. The zero-order chi connectivity index (χ0) is 27.7. The molecule has 0 spiro atoms. The van der Waals surface area contributed by atoms with Crippen LogP contribution in [0.3, 0.4) is 0 Å². The molecule has 0 heterocycles. The lowest BCUT2D eigenvalue weighted by Gasteiger charge is -2.48. The zero-order valence-corrected chi connectivity index (χ0v) is 24.8. The Hall–Kier alpha value is -2.36. The van der Waals surface area contributed by atoms with Crippen molar-refractivity contribution in [1.82, 2.24) is 0 Å². The van der Waals surface area contributed by atoms with Crippen molar-refractivity contribution in [3.63, 3.8) is 0 Å². The third kappa shape index (κ3) is 8.35. The molecular weight excluding hydrogens is 448 g/mol. The van der Waals surface area contributed by atoms with Gasteiger partial charge in [0.25, 0.3) is 0 Å². The third-order valence-corrected chi connectivity index (χ3v) is 7.27. The Balaban J connectivity index is 3.69. The first-order chi connectivity index (χ1) is 16.7. The number of Topliss-reactive ketones (excluding diaryl/α,β-unsaturated/α-hetero) is 1. The molecule has 0 aromatic rings. The van der Waals surface area contributed by atoms with Gasteiger partial charge in [-0.2, -0.15) is 0 Å². The minimum absolute atomic E-state index is 0.0494. The van der Waals surface area contributed by atoms with Crippen molar-refractivity contribution < 1.29 is 19.1 Å². The molecule has 4 nitrogen and oxygen atoms in total. The Kier molecular flexibility index (Phi) is 12.2. The number of rotatable bonds is 12. The average Bonchev–Trinajstić information content (AvgIpc) is 2.76. The summed E-state index contributed by atoms with van der Waals surface area (Å²) in [7, 11) is 1.43. The quantitative estimate of drug-likeness (QED) is 0.200. The maximum Gasteiger partial charge on any atom is 0.319 e. The maximum atomic E-state index is 13.6. The Morgan fingerprint density at radius 1 is 0.889 bits per heavy atom. The van der Waals surface area contributed by atoms with Crippen LogP contribution in [0, 0.1) is 16.7 Å². The summed E-state index contributed by atoms with van der Waals surface area (Å²) in [6.45, 7) is 20.6. The second-order valence-corrected chi connectivity index (χ2v) is 11.6. The van der Waals surface area contributed by atoms with Crippen LogP contribution in [0.2, 0.25) is 0 Å². The summed E-state index contributed by atoms with van der Waals surface area (Å²) in [5, 5.41) is 0. The predicted octanol–water partition coefficient (Wildman–Crippen LogP) is 8.46. The molecule has 36 heavy (non-hydrogen) atoms. The van der Waals surface area contributed by atoms with Gasteiger partial charge in [0.05, 0.1) is 7.11 Å². The number of allylic oxidation sites excluding steroid dienone is 8. The Bertz CT molecular complexity index is 943. The zero-order valence-electron chi connectivity index (χ0n) is 24.8. The number of ketones is 1. The van der Waals surface area contributed by atoms with Gasteiger partial charge in [-0.05, 0) is 105 Å². The van der Waals surface area contributed by atoms with Gasteiger partial charge in [0.2, 0.25) is 0 Å². The highest BCUT2D eigenvalue weighted by molar-refractivity contribution is 5.97. The standard InChI is InChI=1S/C32H50O4/c1-22(2)13-12-14-25(7)15-16-27-21-32(30(34)35-11,19-17-23(3)4)29(36-20-18-24(5)6)28(26(8)33)31(27,9)10/h13,15,17-18,27H,12,14,16,19-21H2,1-11H3/b25-15+/t27-,32+/m1/s1. The highest BCUT2D eigenvalue weighted by Crippen LogP contribution is 2.56. The van der Waals surface area contributed by atoms with E-state index in [2.05, 4.69) is 52.8 Å². The number of ether oxygens (including phenoxy) is 2. The lowest BCUT2D eigenvalue weighted by atomic mass is 9.56. The van der Waals surface area contributed by atoms with Gasteiger partial charge in [-0.15, -0.1) is 0 Å². The summed E-state index contributed by atoms with van der Waals surface area (Å²) >= 11 is 0. The van der Waals surface area contributed by atoms with Gasteiger partial charge in [-0.1, -0.05) is 54.4 Å². The van der Waals surface area contributed by atoms with Crippen molar-refractivity contribution in [2.45, 2.75) is 101 Å². The van der Waals surface area contributed by atoms with Crippen LogP contribution in [0.5, 0.6) is 0 Å². The molecule has 4 heteroatoms. The van der Waals surface area contributed by atoms with Crippen molar-refractivity contribution in [2.24, 2.45) is 16.7 Å². The molecule has 0 bridgehead atoms. The van der Waals surface area contributed by atoms with E-state index in [9.17, 15) is 9.59 Å². The van der Waals surface area contributed by atoms with E-state index in [0.717, 1.165) is 30.4 Å². The largest absolute Gasteiger partial charge is 0.492 e. The number of hydrogen-bond acceptors (Lipinski definition) is 4. The van der Waals surface area contributed by atoms with Crippen LogP contribution in [0.15, 0.2) is 57.9 Å². The molecule has 0 radical (unpaired) electrons. The van der Waals surface area contributed by atoms with E-state index >= 15 is 0 Å². The Morgan fingerprint density at radius 3 is 1.97 bits per heavy atom. The molecule has 0 saturated carbocycles. The highest BCUT2D eigenvalue weighted by atomic mass is 16.5. The average molecular weight is 499 g/mol. The molecule has 1 rings (SSSR count). The summed E-state index contributed by atoms with van der Waals surface area (Å²) in [5.41, 5.74) is 4.02. The van der Waals surface area contributed by atoms with Crippen LogP contribution >= 0.6 is 0 Å². The molecule has 0 N–H and O–H groups in total. The van der Waals surface area contributed by atoms with Gasteiger partial charge < -0.3 is 9.47 Å². The van der Waals surface area contributed by atoms with E-state index < -0.39 is 10.8 Å². The van der Waals surface area contributed by atoms with Gasteiger partial charge in [0, 0.05) is 5.57 Å². The summed E-state index contributed by atoms with van der Waals surface area (Å²) in [4.78, 5) is 26.8. The summed E-state index contributed by atoms with van der Waals surface area (Å²) in [6.07, 6.45) is 12.4. The van der Waals surface area contributed by atoms with E-state index in [-0.39, 0.29) is 17.7 Å². The van der Waals surface area contributed by atoms with Crippen LogP contribution < -0.4 is 0 Å². The SMILES string of the molecule is COC(=O)[C@@]1(CC=C(C)C)C[C@@H](C/C=C(\C)CCC=C(C)C)C(C)(C)C(C(C)=O)=C1OCC=C(C)C. The fourth-order valence-corrected chi connectivity index (χ4v) is 5.04. The monoisotopic (exact) mass is 498 g/mol. The molecule has 2 atom stereocenters. The van der Waals surface area contributed by atoms with E-state index in [0.29, 0.717) is 30.8 Å². The molecule has 0 aromatic carbocycles. The lowest BCUT2D eigenvalue weighted by molar-refractivity contribution is -0.155. The maximum absolute atomic E-state index is 13.6. The third-order valence-electron chi connectivity index (χ3n) is 7.27. The first kappa shape index (κ1) is 31.7. The van der Waals surface area contributed by atoms with Gasteiger partial charge in [-0.25, -0.2) is 0 Å². The molecule has 1 aliphatic carbocycles. The minimum Gasteiger partial charge on any atom is -0.492 e. The molecule has 0 amide bonds. The lowest BCUT2D eigenvalue weighted by Crippen LogP contribution is -2.48. The molecule has 0 saturated heterocycles. The van der Waals surface area contributed by atoms with Crippen molar-refractivity contribution in [2.75, 3.05) is 13.7 Å². The van der Waals surface area contributed by atoms with Crippen molar-refractivity contribution >= 4 is 11.8 Å². The van der Waals surface area contributed by atoms with E-state index in [4.69, 9.17) is 9.47 Å². The second-order valence-electron chi connectivity index (χ2n) is 11.6. The van der Waals surface area contributed by atoms with Gasteiger partial charge in [0.15, 0.2) is 5.78 Å². The molecule has 202 valence electrons. The minimum atomic E-state index is -1.04. The molecule has 0 aliphatic heterocycles. The van der Waals surface area contributed by atoms with Crippen molar-refractivity contribution in [3.05, 3.63) is 57.9 Å². The van der Waals surface area contributed by atoms with Gasteiger partial charge in [0.1, 0.15) is 17.8 Å². The topological polar surface area (TPSA) is 52.6 Å². The normalized spacial score (nSPS) is 21.4. The highest BCUT2D eigenvalue weighted by Gasteiger charge is 2.56. The van der Waals surface area contributed by atoms with Gasteiger partial charge >= 0.3 is 5.97 Å². The van der Waals surface area contributed by atoms with Gasteiger partial charge in [-0.3, -0.25) is 9.59 Å². The Morgan fingerprint density at radius 2 is 1.47 bits per heavy atom. The van der Waals surface area contributed by atoms with Crippen LogP contribution in [0.4, 0.5) is 0 Å². The summed E-state index contributed by atoms with van der Waals surface area (Å²) < 4.78 is 11.8. The molecule has 1 aliphatic rings. The van der Waals surface area contributed by atoms with E-state index in [1.165, 1.54) is 18.3 Å². The number of carbonyl (C=O) groups excluding carboxylic acids is 2. The molecule has 0 fully saturated rings. The number of methoxy groups -OCH3 is 1. The van der Waals surface area contributed by atoms with Crippen molar-refractivity contribution in [1.29, 1.82) is 0 Å². The molecule has 0 unspecified atom stereocenters. The fraction of sp³-hybridized carbons (Fsp3) is 0.625. The second kappa shape index (κ2) is 13.8. The number of esters is 1. The van der Waals surface area contributed by atoms with Crippen LogP contribution in [-0.4, -0.2) is 25.5 Å². The van der Waals surface area contributed by atoms with Crippen molar-refractivity contribution in [3.8, 4) is 0 Å². The van der Waals surface area contributed by atoms with Crippen LogP contribution in [-0.2, 0) is 19.1 Å². The molecule has 0 aromatic heterocycles. The smallest absolute Gasteiger partial charge is 0.319 e. The van der Waals surface area contributed by atoms with E-state index in [1.54, 1.807) is 6.92 Å². The summed E-state index contributed by atoms with van der Waals surface area (Å²) in [6, 6.07) is 0. The fourth-order valence-electron chi connectivity index (χ4n) is 5.04. The first-order valence-corrected chi connectivity index (χ1v) is 13.2.